The maximum atomic E-state index is 11.5. The first-order valence-electron chi connectivity index (χ1n) is 6.78. The molecule has 120 valence electrons. The van der Waals surface area contributed by atoms with E-state index in [2.05, 4.69) is 4.74 Å². The zero-order valence-corrected chi connectivity index (χ0v) is 13.6. The maximum absolute atomic E-state index is 11.5. The van der Waals surface area contributed by atoms with Crippen molar-refractivity contribution in [3.8, 4) is 5.75 Å². The van der Waals surface area contributed by atoms with E-state index in [-0.39, 0.29) is 6.42 Å². The van der Waals surface area contributed by atoms with Crippen LogP contribution in [0.3, 0.4) is 0 Å². The molecule has 6 heteroatoms. The Hall–Kier alpha value is -2.47. The second kappa shape index (κ2) is 7.69. The molecule has 5 nitrogen and oxygen atoms in total. The minimum Gasteiger partial charge on any atom is -0.496 e. The van der Waals surface area contributed by atoms with Crippen molar-refractivity contribution in [3.63, 3.8) is 0 Å². The average molecular weight is 332 g/mol. The molecule has 0 aromatic heterocycles. The lowest BCUT2D eigenvalue weighted by Crippen LogP contribution is -2.01. The van der Waals surface area contributed by atoms with Gasteiger partial charge in [0.2, 0.25) is 0 Å². The quantitative estimate of drug-likeness (QED) is 0.819. The van der Waals surface area contributed by atoms with Crippen LogP contribution in [0.1, 0.15) is 15.9 Å². The molecular formula is C17H16O5S. The molecule has 0 spiro atoms. The molecule has 0 saturated carbocycles. The van der Waals surface area contributed by atoms with Crippen LogP contribution in [0, 0.1) is 0 Å². The first-order valence-corrected chi connectivity index (χ1v) is 7.60. The lowest BCUT2D eigenvalue weighted by Gasteiger charge is -2.10. The number of aliphatic carboxylic acids is 1. The van der Waals surface area contributed by atoms with Crippen molar-refractivity contribution in [1.82, 2.24) is 0 Å². The fraction of sp³-hybridized carbons (Fsp3) is 0.176. The zero-order chi connectivity index (χ0) is 16.8. The number of benzene rings is 2. The summed E-state index contributed by atoms with van der Waals surface area (Å²) in [4.78, 5) is 24.0. The van der Waals surface area contributed by atoms with Crippen LogP contribution in [0.4, 0.5) is 0 Å². The minimum atomic E-state index is -0.856. The summed E-state index contributed by atoms with van der Waals surface area (Å²) in [6.07, 6.45) is 0.00208. The fourth-order valence-corrected chi connectivity index (χ4v) is 2.88. The predicted molar refractivity (Wildman–Crippen MR) is 86.2 cm³/mol. The lowest BCUT2D eigenvalue weighted by molar-refractivity contribution is -0.136. The Bertz CT molecular complexity index is 709. The van der Waals surface area contributed by atoms with E-state index < -0.39 is 11.9 Å². The molecular weight excluding hydrogens is 316 g/mol. The molecule has 0 fully saturated rings. The number of carbonyl (C=O) groups excluding carboxylic acids is 1. The van der Waals surface area contributed by atoms with Gasteiger partial charge in [0, 0.05) is 4.90 Å². The normalized spacial score (nSPS) is 10.2. The smallest absolute Gasteiger partial charge is 0.337 e. The van der Waals surface area contributed by atoms with Crippen molar-refractivity contribution < 1.29 is 24.2 Å². The van der Waals surface area contributed by atoms with Gasteiger partial charge in [-0.1, -0.05) is 23.9 Å². The molecule has 0 saturated heterocycles. The van der Waals surface area contributed by atoms with Gasteiger partial charge in [-0.25, -0.2) is 4.79 Å². The summed E-state index contributed by atoms with van der Waals surface area (Å²) in [5, 5.41) is 8.77. The Balaban J connectivity index is 2.19. The number of carbonyl (C=O) groups is 2. The highest BCUT2D eigenvalue weighted by Crippen LogP contribution is 2.35. The molecule has 2 aromatic rings. The summed E-state index contributed by atoms with van der Waals surface area (Å²) in [5.41, 5.74) is 1.17. The van der Waals surface area contributed by atoms with Crippen molar-refractivity contribution in [2.45, 2.75) is 16.2 Å². The van der Waals surface area contributed by atoms with Crippen LogP contribution in [0.5, 0.6) is 5.75 Å². The van der Waals surface area contributed by atoms with E-state index in [0.29, 0.717) is 11.3 Å². The van der Waals surface area contributed by atoms with E-state index >= 15 is 0 Å². The Morgan fingerprint density at radius 1 is 1.09 bits per heavy atom. The van der Waals surface area contributed by atoms with Gasteiger partial charge in [0.25, 0.3) is 0 Å². The van der Waals surface area contributed by atoms with Crippen molar-refractivity contribution in [2.75, 3.05) is 14.2 Å². The molecule has 0 unspecified atom stereocenters. The van der Waals surface area contributed by atoms with Crippen molar-refractivity contribution in [2.24, 2.45) is 0 Å². The van der Waals surface area contributed by atoms with Gasteiger partial charge in [-0.15, -0.1) is 0 Å². The number of esters is 1. The van der Waals surface area contributed by atoms with Gasteiger partial charge in [-0.05, 0) is 35.9 Å². The minimum absolute atomic E-state index is 0.00208. The predicted octanol–water partition coefficient (Wildman–Crippen LogP) is 3.26. The van der Waals surface area contributed by atoms with Crippen LogP contribution in [0.25, 0.3) is 0 Å². The molecule has 1 N–H and O–H groups in total. The van der Waals surface area contributed by atoms with Crippen LogP contribution < -0.4 is 4.74 Å². The topological polar surface area (TPSA) is 72.8 Å². The van der Waals surface area contributed by atoms with Gasteiger partial charge >= 0.3 is 11.9 Å². The molecule has 0 bridgehead atoms. The highest BCUT2D eigenvalue weighted by Gasteiger charge is 2.11. The second-order valence-electron chi connectivity index (χ2n) is 4.67. The monoisotopic (exact) mass is 332 g/mol. The van der Waals surface area contributed by atoms with E-state index in [4.69, 9.17) is 9.84 Å². The van der Waals surface area contributed by atoms with E-state index in [9.17, 15) is 9.59 Å². The molecule has 23 heavy (non-hydrogen) atoms. The van der Waals surface area contributed by atoms with Crippen LogP contribution >= 0.6 is 11.8 Å². The van der Waals surface area contributed by atoms with E-state index in [1.165, 1.54) is 26.0 Å². The van der Waals surface area contributed by atoms with Crippen molar-refractivity contribution in [3.05, 3.63) is 53.6 Å². The van der Waals surface area contributed by atoms with Crippen LogP contribution in [-0.4, -0.2) is 31.3 Å². The molecule has 0 atom stereocenters. The van der Waals surface area contributed by atoms with Gasteiger partial charge in [0.1, 0.15) is 5.75 Å². The molecule has 2 aromatic carbocycles. The first kappa shape index (κ1) is 16.9. The Morgan fingerprint density at radius 3 is 2.35 bits per heavy atom. The number of carboxylic acids is 1. The molecule has 0 aliphatic carbocycles. The number of ether oxygens (including phenoxy) is 2. The zero-order valence-electron chi connectivity index (χ0n) is 12.7. The summed E-state index contributed by atoms with van der Waals surface area (Å²) in [5.74, 6) is -0.698. The number of hydrogen-bond acceptors (Lipinski definition) is 5. The van der Waals surface area contributed by atoms with E-state index in [0.717, 1.165) is 15.4 Å². The summed E-state index contributed by atoms with van der Waals surface area (Å²) in [6, 6.07) is 12.4. The number of rotatable bonds is 6. The van der Waals surface area contributed by atoms with Crippen LogP contribution in [0.15, 0.2) is 52.3 Å². The third-order valence-corrected chi connectivity index (χ3v) is 4.16. The highest BCUT2D eigenvalue weighted by molar-refractivity contribution is 7.99. The average Bonchev–Trinajstić information content (AvgIpc) is 2.55. The molecule has 0 aliphatic heterocycles. The molecule has 0 radical (unpaired) electrons. The fourth-order valence-electron chi connectivity index (χ4n) is 1.97. The van der Waals surface area contributed by atoms with E-state index in [1.807, 2.05) is 12.1 Å². The molecule has 0 heterocycles. The van der Waals surface area contributed by atoms with Gasteiger partial charge in [0.15, 0.2) is 0 Å². The SMILES string of the molecule is COC(=O)c1ccc(Sc2ccc(CC(=O)O)cc2)c(OC)c1. The summed E-state index contributed by atoms with van der Waals surface area (Å²) >= 11 is 1.47. The molecule has 0 aliphatic rings. The van der Waals surface area contributed by atoms with Crippen LogP contribution in [-0.2, 0) is 16.0 Å². The van der Waals surface area contributed by atoms with Gasteiger partial charge in [0.05, 0.1) is 31.1 Å². The first-order chi connectivity index (χ1) is 11.0. The van der Waals surface area contributed by atoms with Gasteiger partial charge < -0.3 is 14.6 Å². The third kappa shape index (κ3) is 4.50. The van der Waals surface area contributed by atoms with Crippen molar-refractivity contribution in [1.29, 1.82) is 0 Å². The van der Waals surface area contributed by atoms with E-state index in [1.54, 1.807) is 30.3 Å². The lowest BCUT2D eigenvalue weighted by atomic mass is 10.2. The highest BCUT2D eigenvalue weighted by atomic mass is 32.2. The second-order valence-corrected chi connectivity index (χ2v) is 5.79. The Kier molecular flexibility index (Phi) is 5.65. The molecule has 0 amide bonds. The largest absolute Gasteiger partial charge is 0.496 e. The van der Waals surface area contributed by atoms with Crippen molar-refractivity contribution >= 4 is 23.7 Å². The number of methoxy groups -OCH3 is 2. The summed E-state index contributed by atoms with van der Waals surface area (Å²) < 4.78 is 10.0. The number of hydrogen-bond donors (Lipinski definition) is 1. The Labute approximate surface area is 138 Å². The maximum Gasteiger partial charge on any atom is 0.337 e. The standard InChI is InChI=1S/C17H16O5S/c1-21-14-10-12(17(20)22-2)5-8-15(14)23-13-6-3-11(4-7-13)9-16(18)19/h3-8,10H,9H2,1-2H3,(H,18,19). The summed E-state index contributed by atoms with van der Waals surface area (Å²) in [7, 11) is 2.87. The number of carboxylic acid groups (broad SMARTS) is 1. The van der Waals surface area contributed by atoms with Gasteiger partial charge in [-0.3, -0.25) is 4.79 Å². The summed E-state index contributed by atoms with van der Waals surface area (Å²) in [6.45, 7) is 0. The van der Waals surface area contributed by atoms with Gasteiger partial charge in [-0.2, -0.15) is 0 Å². The van der Waals surface area contributed by atoms with Crippen LogP contribution in [0.2, 0.25) is 0 Å². The Morgan fingerprint density at radius 2 is 1.78 bits per heavy atom. The molecule has 2 rings (SSSR count). The third-order valence-electron chi connectivity index (χ3n) is 3.09.